The summed E-state index contributed by atoms with van der Waals surface area (Å²) in [7, 11) is 6.24. The fraction of sp³-hybridized carbons (Fsp3) is 0.543. The summed E-state index contributed by atoms with van der Waals surface area (Å²) in [6, 6.07) is 11.2. The van der Waals surface area contributed by atoms with Crippen LogP contribution in [-0.4, -0.2) is 123 Å². The summed E-state index contributed by atoms with van der Waals surface area (Å²) in [6.45, 7) is 9.44. The van der Waals surface area contributed by atoms with Crippen molar-refractivity contribution in [2.24, 2.45) is 11.3 Å². The van der Waals surface area contributed by atoms with Gasteiger partial charge in [0, 0.05) is 90.9 Å². The van der Waals surface area contributed by atoms with E-state index < -0.39 is 45.9 Å². The fourth-order valence-corrected chi connectivity index (χ4v) is 13.0. The number of benzene rings is 2. The molecule has 2 aromatic carbocycles. The van der Waals surface area contributed by atoms with Crippen LogP contribution in [0.1, 0.15) is 68.8 Å². The number of nitrogens with zero attached hydrogens (tertiary/aromatic N) is 3. The van der Waals surface area contributed by atoms with Crippen molar-refractivity contribution in [3.8, 4) is 5.75 Å². The molecule has 308 valence electrons. The number of esters is 3. The minimum Gasteiger partial charge on any atom is -0.496 e. The monoisotopic (exact) mass is 792 g/mol. The van der Waals surface area contributed by atoms with Gasteiger partial charge in [-0.15, -0.1) is 0 Å². The van der Waals surface area contributed by atoms with Gasteiger partial charge in [-0.2, -0.15) is 0 Å². The van der Waals surface area contributed by atoms with Crippen LogP contribution in [-0.2, 0) is 45.8 Å². The number of aromatic nitrogens is 1. The summed E-state index contributed by atoms with van der Waals surface area (Å²) in [5.74, 6) is -1.31. The molecule has 1 saturated carbocycles. The molecule has 12 nitrogen and oxygen atoms in total. The van der Waals surface area contributed by atoms with E-state index in [4.69, 9.17) is 18.9 Å². The molecule has 0 radical (unpaired) electrons. The first kappa shape index (κ1) is 38.8. The van der Waals surface area contributed by atoms with Gasteiger partial charge >= 0.3 is 17.9 Å². The molecule has 1 aromatic heterocycles. The minimum absolute atomic E-state index is 0.0217. The molecule has 2 fully saturated rings. The topological polar surface area (TPSA) is 134 Å². The molecule has 5 aliphatic heterocycles. The molecule has 1 spiro atoms. The molecule has 0 amide bonds. The molecule has 3 aromatic rings. The number of anilines is 1. The van der Waals surface area contributed by atoms with Crippen LogP contribution in [0.15, 0.2) is 60.2 Å². The number of ether oxygens (including phenoxy) is 4. The molecule has 1 aliphatic carbocycles. The number of fused-ring (bicyclic) bond motifs is 6. The van der Waals surface area contributed by atoms with Crippen molar-refractivity contribution in [2.45, 2.75) is 87.5 Å². The summed E-state index contributed by atoms with van der Waals surface area (Å²) in [6.07, 6.45) is 8.43. The van der Waals surface area contributed by atoms with Crippen molar-refractivity contribution in [3.05, 3.63) is 82.6 Å². The highest BCUT2D eigenvalue weighted by atomic mass is 16.6. The maximum atomic E-state index is 15.3. The van der Waals surface area contributed by atoms with Crippen LogP contribution < -0.4 is 9.64 Å². The molecular weight excluding hydrogens is 737 g/mol. The fourth-order valence-electron chi connectivity index (χ4n) is 13.0. The number of methoxy groups -OCH3 is 3. The summed E-state index contributed by atoms with van der Waals surface area (Å²) in [5, 5.41) is 14.4. The van der Waals surface area contributed by atoms with Gasteiger partial charge in [0.2, 0.25) is 5.60 Å². The molecule has 1 saturated heterocycles. The van der Waals surface area contributed by atoms with Gasteiger partial charge in [0.25, 0.3) is 0 Å². The van der Waals surface area contributed by atoms with E-state index in [-0.39, 0.29) is 17.9 Å². The van der Waals surface area contributed by atoms with E-state index in [9.17, 15) is 14.7 Å². The summed E-state index contributed by atoms with van der Waals surface area (Å²) in [4.78, 5) is 53.4. The second-order valence-electron chi connectivity index (χ2n) is 17.5. The number of hydrogen-bond acceptors (Lipinski definition) is 11. The van der Waals surface area contributed by atoms with Gasteiger partial charge in [0.15, 0.2) is 6.10 Å². The zero-order chi connectivity index (χ0) is 40.9. The van der Waals surface area contributed by atoms with Crippen LogP contribution in [0.2, 0.25) is 0 Å². The number of carbonyl (C=O) groups is 3. The predicted octanol–water partition coefficient (Wildman–Crippen LogP) is 4.80. The largest absolute Gasteiger partial charge is 0.496 e. The molecule has 6 aliphatic rings. The lowest BCUT2D eigenvalue weighted by Gasteiger charge is -2.63. The third kappa shape index (κ3) is 4.94. The van der Waals surface area contributed by atoms with Crippen molar-refractivity contribution < 1.29 is 38.4 Å². The Morgan fingerprint density at radius 3 is 2.48 bits per heavy atom. The Balaban J connectivity index is 1.37. The number of H-pyrrole nitrogens is 1. The van der Waals surface area contributed by atoms with E-state index in [0.29, 0.717) is 43.7 Å². The molecule has 2 N–H and O–H groups in total. The van der Waals surface area contributed by atoms with Crippen LogP contribution in [0.4, 0.5) is 5.69 Å². The van der Waals surface area contributed by atoms with E-state index in [2.05, 4.69) is 58.1 Å². The number of nitrogens with one attached hydrogen (secondary N) is 1. The summed E-state index contributed by atoms with van der Waals surface area (Å²) in [5.41, 5.74) is 1.10. The normalized spacial score (nSPS) is 34.7. The molecule has 2 bridgehead atoms. The quantitative estimate of drug-likeness (QED) is 0.194. The number of hydrogen-bond donors (Lipinski definition) is 2. The first-order chi connectivity index (χ1) is 27.9. The van der Waals surface area contributed by atoms with E-state index >= 15 is 4.79 Å². The van der Waals surface area contributed by atoms with E-state index in [1.807, 2.05) is 37.1 Å². The Morgan fingerprint density at radius 1 is 1.00 bits per heavy atom. The second kappa shape index (κ2) is 13.7. The molecule has 6 heterocycles. The average Bonchev–Trinajstić information content (AvgIpc) is 3.89. The van der Waals surface area contributed by atoms with Crippen LogP contribution in [0.25, 0.3) is 10.9 Å². The van der Waals surface area contributed by atoms with E-state index in [1.54, 1.807) is 7.11 Å². The van der Waals surface area contributed by atoms with Crippen molar-refractivity contribution in [2.75, 3.05) is 66.0 Å². The Hall–Kier alpha value is -4.65. The first-order valence-corrected chi connectivity index (χ1v) is 20.8. The second-order valence-corrected chi connectivity index (χ2v) is 17.5. The van der Waals surface area contributed by atoms with Gasteiger partial charge in [-0.3, -0.25) is 19.4 Å². The van der Waals surface area contributed by atoms with Gasteiger partial charge in [-0.25, -0.2) is 4.79 Å². The highest BCUT2D eigenvalue weighted by molar-refractivity contribution is 5.95. The van der Waals surface area contributed by atoms with Crippen molar-refractivity contribution in [1.29, 1.82) is 0 Å². The van der Waals surface area contributed by atoms with Crippen molar-refractivity contribution >= 4 is 34.5 Å². The molecule has 9 atom stereocenters. The number of aliphatic hydroxyl groups is 1. The molecule has 58 heavy (non-hydrogen) atoms. The lowest BCUT2D eigenvalue weighted by Crippen LogP contribution is -2.81. The Labute approximate surface area is 340 Å². The minimum atomic E-state index is -2.28. The number of aromatic amines is 1. The summed E-state index contributed by atoms with van der Waals surface area (Å²) >= 11 is 0. The van der Waals surface area contributed by atoms with Crippen molar-refractivity contribution in [1.82, 2.24) is 14.8 Å². The maximum Gasteiger partial charge on any atom is 0.344 e. The van der Waals surface area contributed by atoms with E-state index in [1.165, 1.54) is 26.7 Å². The first-order valence-electron chi connectivity index (χ1n) is 20.8. The third-order valence-electron chi connectivity index (χ3n) is 15.1. The van der Waals surface area contributed by atoms with Crippen molar-refractivity contribution in [3.63, 3.8) is 0 Å². The molecule has 9 rings (SSSR count). The third-order valence-corrected chi connectivity index (χ3v) is 15.1. The van der Waals surface area contributed by atoms with Gasteiger partial charge < -0.3 is 33.9 Å². The standard InChI is InChI=1S/C46H56N4O8/c1-8-28-21-29-24-45(41(52)56-6,37-31(15-19-49(25-28)26-29)30-13-10-11-14-34(30)47-37)33-22-32-35(23-36(33)55-5)48(4)39-44(32)17-20-50-18-12-16-43(9-2,38(44)50)40(58-27(3)51)46(39,54)42(53)57-7/h10-14,16,21-23,29,38-40,47,54H,8-9,15,17-20,24-26H2,1-7H3/t29-,38-,39+,40+,43+,44+,45+,46-/m0/s1. The number of para-hydroxylation sites is 1. The zero-order valence-corrected chi connectivity index (χ0v) is 34.7. The Morgan fingerprint density at radius 2 is 1.78 bits per heavy atom. The zero-order valence-electron chi connectivity index (χ0n) is 34.7. The van der Waals surface area contributed by atoms with Gasteiger partial charge in [-0.05, 0) is 67.8 Å². The van der Waals surface area contributed by atoms with Crippen LogP contribution in [0.5, 0.6) is 5.75 Å². The molecule has 1 unspecified atom stereocenters. The molecule has 12 heteroatoms. The number of carbonyl (C=O) groups excluding carboxylic acids is 3. The van der Waals surface area contributed by atoms with Crippen LogP contribution in [0, 0.1) is 11.3 Å². The van der Waals surface area contributed by atoms with Crippen LogP contribution in [0.3, 0.4) is 0 Å². The van der Waals surface area contributed by atoms with Crippen LogP contribution >= 0.6 is 0 Å². The lowest BCUT2D eigenvalue weighted by molar-refractivity contribution is -0.228. The maximum absolute atomic E-state index is 15.3. The van der Waals surface area contributed by atoms with Gasteiger partial charge in [-0.1, -0.05) is 55.8 Å². The Kier molecular flexibility index (Phi) is 9.18. The van der Waals surface area contributed by atoms with E-state index in [0.717, 1.165) is 65.9 Å². The smallest absolute Gasteiger partial charge is 0.344 e. The Bertz CT molecular complexity index is 2270. The average molecular weight is 793 g/mol. The lowest BCUT2D eigenvalue weighted by atomic mass is 9.47. The highest BCUT2D eigenvalue weighted by Gasteiger charge is 2.80. The number of likely N-dealkylation sites (N-methyl/N-ethyl adjacent to an activating group) is 1. The number of rotatable bonds is 7. The molecular formula is C46H56N4O8. The SMILES string of the molecule is CCC1=C[C@@H]2CN(CCc3c([nH]c4ccccc34)[C@](C(=O)OC)(c3cc4c(cc3OC)N(C)[C@H]3[C@@](O)(C(=O)OC)[C@H](OC(C)=O)[C@]5(CC)C=CCN6CC[C@]43[C@@H]65)C2)C1. The van der Waals surface area contributed by atoms with Gasteiger partial charge in [0.05, 0.1) is 27.4 Å². The van der Waals surface area contributed by atoms with Gasteiger partial charge in [0.1, 0.15) is 11.2 Å². The predicted molar refractivity (Wildman–Crippen MR) is 219 cm³/mol. The summed E-state index contributed by atoms with van der Waals surface area (Å²) < 4.78 is 24.0. The highest BCUT2D eigenvalue weighted by Crippen LogP contribution is 2.68.